The topological polar surface area (TPSA) is 140 Å². The standard InChI is InChI=1S/C24H20N4O6/c1-15-3-4-16(2)21(13-15)26-22(29)23(30)27-25-14-17-5-11-20(12-6-17)34-24(31)18-7-9-19(10-8-18)28(32)33/h3-14H,1-2H3,(H,26,29)(H,27,30). The summed E-state index contributed by atoms with van der Waals surface area (Å²) >= 11 is 0. The van der Waals surface area contributed by atoms with Crippen molar-refractivity contribution in [2.45, 2.75) is 13.8 Å². The molecule has 0 aliphatic carbocycles. The largest absolute Gasteiger partial charge is 0.423 e. The van der Waals surface area contributed by atoms with Gasteiger partial charge in [-0.05, 0) is 73.0 Å². The highest BCUT2D eigenvalue weighted by molar-refractivity contribution is 6.39. The van der Waals surface area contributed by atoms with Gasteiger partial charge in [-0.15, -0.1) is 0 Å². The van der Waals surface area contributed by atoms with E-state index in [1.165, 1.54) is 42.6 Å². The van der Waals surface area contributed by atoms with E-state index in [4.69, 9.17) is 4.74 Å². The average molecular weight is 460 g/mol. The Morgan fingerprint density at radius 2 is 1.62 bits per heavy atom. The van der Waals surface area contributed by atoms with E-state index in [2.05, 4.69) is 15.8 Å². The Labute approximate surface area is 194 Å². The molecule has 3 aromatic carbocycles. The van der Waals surface area contributed by atoms with Crippen molar-refractivity contribution in [3.8, 4) is 5.75 Å². The second-order valence-electron chi connectivity index (χ2n) is 7.23. The lowest BCUT2D eigenvalue weighted by molar-refractivity contribution is -0.384. The van der Waals surface area contributed by atoms with Crippen LogP contribution < -0.4 is 15.5 Å². The first kappa shape index (κ1) is 23.8. The number of nitro groups is 1. The van der Waals surface area contributed by atoms with Crippen molar-refractivity contribution in [3.63, 3.8) is 0 Å². The van der Waals surface area contributed by atoms with Gasteiger partial charge in [0, 0.05) is 17.8 Å². The molecule has 0 aromatic heterocycles. The summed E-state index contributed by atoms with van der Waals surface area (Å²) in [7, 11) is 0. The number of ether oxygens (including phenoxy) is 1. The number of hydrazone groups is 1. The predicted octanol–water partition coefficient (Wildman–Crippen LogP) is 3.52. The van der Waals surface area contributed by atoms with Crippen LogP contribution in [0.25, 0.3) is 0 Å². The lowest BCUT2D eigenvalue weighted by atomic mass is 10.1. The molecule has 0 saturated carbocycles. The van der Waals surface area contributed by atoms with Crippen LogP contribution in [-0.2, 0) is 9.59 Å². The van der Waals surface area contributed by atoms with Crippen molar-refractivity contribution in [2.75, 3.05) is 5.32 Å². The summed E-state index contributed by atoms with van der Waals surface area (Å²) < 4.78 is 5.23. The van der Waals surface area contributed by atoms with Gasteiger partial charge in [-0.2, -0.15) is 5.10 Å². The van der Waals surface area contributed by atoms with Crippen LogP contribution in [0.1, 0.15) is 27.0 Å². The van der Waals surface area contributed by atoms with Crippen LogP contribution in [0.15, 0.2) is 71.8 Å². The highest BCUT2D eigenvalue weighted by Gasteiger charge is 2.14. The molecule has 0 saturated heterocycles. The van der Waals surface area contributed by atoms with Crippen LogP contribution in [0.2, 0.25) is 0 Å². The zero-order valence-electron chi connectivity index (χ0n) is 18.3. The van der Waals surface area contributed by atoms with E-state index in [-0.39, 0.29) is 17.0 Å². The minimum Gasteiger partial charge on any atom is -0.423 e. The van der Waals surface area contributed by atoms with Gasteiger partial charge in [0.1, 0.15) is 5.75 Å². The molecule has 0 spiro atoms. The maximum atomic E-state index is 12.2. The molecule has 0 aliphatic heterocycles. The van der Waals surface area contributed by atoms with Crippen molar-refractivity contribution in [3.05, 3.63) is 99.1 Å². The van der Waals surface area contributed by atoms with Gasteiger partial charge in [0.15, 0.2) is 0 Å². The number of esters is 1. The molecule has 2 amide bonds. The number of non-ortho nitro benzene ring substituents is 1. The van der Waals surface area contributed by atoms with Gasteiger partial charge >= 0.3 is 17.8 Å². The number of benzene rings is 3. The van der Waals surface area contributed by atoms with Crippen molar-refractivity contribution in [1.29, 1.82) is 0 Å². The highest BCUT2D eigenvalue weighted by Crippen LogP contribution is 2.17. The molecule has 2 N–H and O–H groups in total. The van der Waals surface area contributed by atoms with Gasteiger partial charge in [0.25, 0.3) is 5.69 Å². The zero-order chi connectivity index (χ0) is 24.7. The summed E-state index contributed by atoms with van der Waals surface area (Å²) in [5.74, 6) is -2.19. The van der Waals surface area contributed by atoms with Crippen LogP contribution >= 0.6 is 0 Å². The molecule has 10 nitrogen and oxygen atoms in total. The summed E-state index contributed by atoms with van der Waals surface area (Å²) in [5, 5.41) is 17.0. The third-order valence-corrected chi connectivity index (χ3v) is 4.63. The van der Waals surface area contributed by atoms with Gasteiger partial charge in [-0.1, -0.05) is 12.1 Å². The molecule has 0 aliphatic rings. The SMILES string of the molecule is Cc1ccc(C)c(NC(=O)C(=O)NN=Cc2ccc(OC(=O)c3ccc([N+](=O)[O-])cc3)cc2)c1. The number of carbonyl (C=O) groups excluding carboxylic acids is 3. The molecule has 0 fully saturated rings. The first-order valence-corrected chi connectivity index (χ1v) is 10.0. The summed E-state index contributed by atoms with van der Waals surface area (Å²) in [4.78, 5) is 46.3. The Balaban J connectivity index is 1.52. The maximum absolute atomic E-state index is 12.2. The smallest absolute Gasteiger partial charge is 0.343 e. The lowest BCUT2D eigenvalue weighted by Crippen LogP contribution is -2.32. The molecule has 0 heterocycles. The van der Waals surface area contributed by atoms with Crippen LogP contribution in [0.5, 0.6) is 5.75 Å². The predicted molar refractivity (Wildman–Crippen MR) is 125 cm³/mol. The normalized spacial score (nSPS) is 10.5. The van der Waals surface area contributed by atoms with E-state index in [0.29, 0.717) is 11.3 Å². The first-order chi connectivity index (χ1) is 16.2. The molecule has 10 heteroatoms. The van der Waals surface area contributed by atoms with Crippen molar-refractivity contribution in [2.24, 2.45) is 5.10 Å². The quantitative estimate of drug-likeness (QED) is 0.144. The first-order valence-electron chi connectivity index (χ1n) is 10.0. The number of nitrogens with one attached hydrogen (secondary N) is 2. The van der Waals surface area contributed by atoms with Crippen molar-refractivity contribution < 1.29 is 24.0 Å². The molecular formula is C24H20N4O6. The number of hydrogen-bond acceptors (Lipinski definition) is 7. The lowest BCUT2D eigenvalue weighted by Gasteiger charge is -2.08. The van der Waals surface area contributed by atoms with Crippen molar-refractivity contribution in [1.82, 2.24) is 5.43 Å². The fraction of sp³-hybridized carbons (Fsp3) is 0.0833. The van der Waals surface area contributed by atoms with E-state index in [1.807, 2.05) is 26.0 Å². The zero-order valence-corrected chi connectivity index (χ0v) is 18.3. The number of aryl methyl sites for hydroxylation is 2. The minimum atomic E-state index is -0.925. The van der Waals surface area contributed by atoms with Gasteiger partial charge < -0.3 is 10.1 Å². The second-order valence-corrected chi connectivity index (χ2v) is 7.23. The molecule has 3 rings (SSSR count). The minimum absolute atomic E-state index is 0.130. The number of carbonyl (C=O) groups is 3. The maximum Gasteiger partial charge on any atom is 0.343 e. The third kappa shape index (κ3) is 6.33. The number of amides is 2. The summed E-state index contributed by atoms with van der Waals surface area (Å²) in [6, 6.07) is 16.7. The number of anilines is 1. The van der Waals surface area contributed by atoms with Crippen LogP contribution in [0.3, 0.4) is 0 Å². The van der Waals surface area contributed by atoms with Gasteiger partial charge in [-0.25, -0.2) is 10.2 Å². The van der Waals surface area contributed by atoms with Crippen LogP contribution in [-0.4, -0.2) is 28.9 Å². The molecule has 172 valence electrons. The fourth-order valence-electron chi connectivity index (χ4n) is 2.77. The summed E-state index contributed by atoms with van der Waals surface area (Å²) in [6.45, 7) is 3.69. The number of nitrogens with zero attached hydrogens (tertiary/aromatic N) is 2. The Bertz CT molecular complexity index is 1270. The fourth-order valence-corrected chi connectivity index (χ4v) is 2.77. The molecule has 0 atom stereocenters. The number of nitro benzene ring substituents is 1. The third-order valence-electron chi connectivity index (χ3n) is 4.63. The Morgan fingerprint density at radius 3 is 2.26 bits per heavy atom. The van der Waals surface area contributed by atoms with E-state index in [0.717, 1.165) is 11.1 Å². The summed E-state index contributed by atoms with van der Waals surface area (Å²) in [6.07, 6.45) is 1.32. The van der Waals surface area contributed by atoms with Crippen LogP contribution in [0.4, 0.5) is 11.4 Å². The average Bonchev–Trinajstić information content (AvgIpc) is 2.82. The second kappa shape index (κ2) is 10.6. The van der Waals surface area contributed by atoms with Gasteiger partial charge in [0.2, 0.25) is 0 Å². The van der Waals surface area contributed by atoms with E-state index < -0.39 is 22.7 Å². The highest BCUT2D eigenvalue weighted by atomic mass is 16.6. The molecular weight excluding hydrogens is 440 g/mol. The molecule has 0 radical (unpaired) electrons. The number of rotatable bonds is 6. The molecule has 34 heavy (non-hydrogen) atoms. The van der Waals surface area contributed by atoms with Gasteiger partial charge in [-0.3, -0.25) is 19.7 Å². The molecule has 0 unspecified atom stereocenters. The Hall–Kier alpha value is -4.86. The molecule has 0 bridgehead atoms. The summed E-state index contributed by atoms with van der Waals surface area (Å²) in [5.41, 5.74) is 5.07. The number of hydrogen-bond donors (Lipinski definition) is 2. The van der Waals surface area contributed by atoms with E-state index >= 15 is 0 Å². The Morgan fingerprint density at radius 1 is 0.941 bits per heavy atom. The Kier molecular flexibility index (Phi) is 7.45. The van der Waals surface area contributed by atoms with Gasteiger partial charge in [0.05, 0.1) is 16.7 Å². The van der Waals surface area contributed by atoms with Crippen LogP contribution in [0, 0.1) is 24.0 Å². The monoisotopic (exact) mass is 460 g/mol. The van der Waals surface area contributed by atoms with Crippen molar-refractivity contribution >= 4 is 35.4 Å². The van der Waals surface area contributed by atoms with E-state index in [1.54, 1.807) is 18.2 Å². The molecule has 3 aromatic rings. The van der Waals surface area contributed by atoms with E-state index in [9.17, 15) is 24.5 Å².